The first-order chi connectivity index (χ1) is 14.5. The molecule has 4 rings (SSSR count). The summed E-state index contributed by atoms with van der Waals surface area (Å²) in [4.78, 5) is 31.7. The van der Waals surface area contributed by atoms with E-state index in [4.69, 9.17) is 4.74 Å². The van der Waals surface area contributed by atoms with Gasteiger partial charge in [-0.1, -0.05) is 18.0 Å². The van der Waals surface area contributed by atoms with Gasteiger partial charge in [0.15, 0.2) is 11.6 Å². The Bertz CT molecular complexity index is 933. The molecule has 30 heavy (non-hydrogen) atoms. The van der Waals surface area contributed by atoms with E-state index in [-0.39, 0.29) is 30.9 Å². The normalized spacial score (nSPS) is 17.3. The quantitative estimate of drug-likeness (QED) is 0.394. The van der Waals surface area contributed by atoms with Crippen LogP contribution in [0.3, 0.4) is 0 Å². The molecule has 0 bridgehead atoms. The van der Waals surface area contributed by atoms with Gasteiger partial charge < -0.3 is 14.6 Å². The number of carbonyl (C=O) groups excluding carboxylic acids is 2. The van der Waals surface area contributed by atoms with Crippen molar-refractivity contribution < 1.29 is 18.7 Å². The SMILES string of the molecule is CC(NSCc1cnc(CN2CC(=O)NC2=O)[nH]1)c1ccc(F)c(OCC2CC2)c1. The molecule has 1 aromatic heterocycles. The van der Waals surface area contributed by atoms with Crippen molar-refractivity contribution in [2.24, 2.45) is 5.92 Å². The van der Waals surface area contributed by atoms with E-state index in [1.165, 1.54) is 22.9 Å². The molecule has 8 nitrogen and oxygen atoms in total. The molecule has 1 aliphatic carbocycles. The number of nitrogens with zero attached hydrogens (tertiary/aromatic N) is 2. The number of hydrogen-bond acceptors (Lipinski definition) is 6. The van der Waals surface area contributed by atoms with Crippen molar-refractivity contribution in [1.82, 2.24) is 24.9 Å². The number of benzene rings is 1. The number of amides is 3. The third kappa shape index (κ3) is 5.31. The molecule has 160 valence electrons. The molecular formula is C20H24FN5O3S. The zero-order valence-corrected chi connectivity index (χ0v) is 17.4. The number of H-pyrrole nitrogens is 1. The molecule has 1 saturated heterocycles. The van der Waals surface area contributed by atoms with Crippen LogP contribution in [0.1, 0.15) is 42.9 Å². The van der Waals surface area contributed by atoms with E-state index >= 15 is 0 Å². The van der Waals surface area contributed by atoms with Crippen LogP contribution in [0.2, 0.25) is 0 Å². The van der Waals surface area contributed by atoms with Crippen molar-refractivity contribution in [3.05, 3.63) is 47.3 Å². The number of ether oxygens (including phenoxy) is 1. The van der Waals surface area contributed by atoms with Gasteiger partial charge in [0.25, 0.3) is 0 Å². The summed E-state index contributed by atoms with van der Waals surface area (Å²) in [6.45, 7) is 2.89. The smallest absolute Gasteiger partial charge is 0.324 e. The minimum atomic E-state index is -0.400. The Balaban J connectivity index is 1.25. The van der Waals surface area contributed by atoms with Gasteiger partial charge in [0, 0.05) is 23.7 Å². The summed E-state index contributed by atoms with van der Waals surface area (Å²) in [7, 11) is 0. The Morgan fingerprint density at radius 2 is 2.23 bits per heavy atom. The number of nitrogens with one attached hydrogen (secondary N) is 3. The lowest BCUT2D eigenvalue weighted by atomic mass is 10.1. The van der Waals surface area contributed by atoms with Gasteiger partial charge in [-0.25, -0.2) is 14.2 Å². The Morgan fingerprint density at radius 1 is 1.40 bits per heavy atom. The number of aromatic nitrogens is 2. The fourth-order valence-corrected chi connectivity index (χ4v) is 3.83. The summed E-state index contributed by atoms with van der Waals surface area (Å²) < 4.78 is 22.9. The standard InChI is InChI=1S/C20H24FN5O3S/c1-12(14-4-5-16(21)17(6-14)29-10-13-2-3-13)25-30-11-15-7-22-18(23-15)8-26-9-19(27)24-20(26)28/h4-7,12-13,25H,2-3,8-11H2,1H3,(H,22,23)(H,24,27,28). The van der Waals surface area contributed by atoms with Crippen LogP contribution in [-0.4, -0.2) is 40.0 Å². The van der Waals surface area contributed by atoms with E-state index < -0.39 is 6.03 Å². The monoisotopic (exact) mass is 433 g/mol. The fraction of sp³-hybridized carbons (Fsp3) is 0.450. The van der Waals surface area contributed by atoms with Crippen LogP contribution >= 0.6 is 11.9 Å². The van der Waals surface area contributed by atoms with E-state index in [9.17, 15) is 14.0 Å². The molecule has 2 heterocycles. The van der Waals surface area contributed by atoms with E-state index in [0.29, 0.717) is 29.9 Å². The van der Waals surface area contributed by atoms with Crippen LogP contribution in [0.4, 0.5) is 9.18 Å². The third-order valence-electron chi connectivity index (χ3n) is 5.00. The number of carbonyl (C=O) groups is 2. The Kier molecular flexibility index (Phi) is 6.24. The predicted octanol–water partition coefficient (Wildman–Crippen LogP) is 2.89. The lowest BCUT2D eigenvalue weighted by Crippen LogP contribution is -2.28. The highest BCUT2D eigenvalue weighted by Crippen LogP contribution is 2.31. The van der Waals surface area contributed by atoms with E-state index in [1.54, 1.807) is 18.3 Å². The molecule has 1 saturated carbocycles. The second kappa shape index (κ2) is 9.05. The first-order valence-corrected chi connectivity index (χ1v) is 10.9. The number of imidazole rings is 1. The zero-order chi connectivity index (χ0) is 21.1. The van der Waals surface area contributed by atoms with Gasteiger partial charge in [-0.15, -0.1) is 0 Å². The Morgan fingerprint density at radius 3 is 2.97 bits per heavy atom. The van der Waals surface area contributed by atoms with Gasteiger partial charge in [0.2, 0.25) is 5.91 Å². The number of aromatic amines is 1. The molecule has 1 aromatic carbocycles. The highest BCUT2D eigenvalue weighted by atomic mass is 32.2. The predicted molar refractivity (Wildman–Crippen MR) is 110 cm³/mol. The van der Waals surface area contributed by atoms with E-state index in [2.05, 4.69) is 20.0 Å². The number of imide groups is 1. The Labute approximate surface area is 178 Å². The maximum absolute atomic E-state index is 14.0. The topological polar surface area (TPSA) is 99.4 Å². The molecule has 0 spiro atoms. The molecule has 10 heteroatoms. The molecule has 3 N–H and O–H groups in total. The van der Waals surface area contributed by atoms with Crippen LogP contribution < -0.4 is 14.8 Å². The molecule has 0 radical (unpaired) electrons. The highest BCUT2D eigenvalue weighted by molar-refractivity contribution is 7.96. The van der Waals surface area contributed by atoms with Crippen molar-refractivity contribution in [3.8, 4) is 5.75 Å². The first kappa shape index (κ1) is 20.7. The number of urea groups is 1. The lowest BCUT2D eigenvalue weighted by molar-refractivity contribution is -0.118. The van der Waals surface area contributed by atoms with E-state index in [0.717, 1.165) is 24.1 Å². The number of halogens is 1. The molecule has 3 amide bonds. The van der Waals surface area contributed by atoms with Gasteiger partial charge >= 0.3 is 6.03 Å². The summed E-state index contributed by atoms with van der Waals surface area (Å²) in [5.74, 6) is 1.49. The third-order valence-corrected chi connectivity index (χ3v) is 5.98. The second-order valence-corrected chi connectivity index (χ2v) is 8.45. The van der Waals surface area contributed by atoms with Crippen LogP contribution in [0.25, 0.3) is 0 Å². The maximum Gasteiger partial charge on any atom is 0.324 e. The summed E-state index contributed by atoms with van der Waals surface area (Å²) in [5.41, 5.74) is 1.85. The second-order valence-electron chi connectivity index (χ2n) is 7.64. The van der Waals surface area contributed by atoms with Crippen LogP contribution in [0, 0.1) is 11.7 Å². The average molecular weight is 434 g/mol. The molecule has 1 aliphatic heterocycles. The number of rotatable bonds is 10. The molecule has 2 aromatic rings. The summed E-state index contributed by atoms with van der Waals surface area (Å²) >= 11 is 1.50. The fourth-order valence-electron chi connectivity index (χ4n) is 3.06. The van der Waals surface area contributed by atoms with Gasteiger partial charge in [0.05, 0.1) is 13.2 Å². The van der Waals surface area contributed by atoms with Crippen molar-refractivity contribution in [2.45, 2.75) is 38.1 Å². The van der Waals surface area contributed by atoms with Crippen LogP contribution in [0.15, 0.2) is 24.4 Å². The van der Waals surface area contributed by atoms with Crippen LogP contribution in [0.5, 0.6) is 5.75 Å². The highest BCUT2D eigenvalue weighted by Gasteiger charge is 2.27. The number of hydrogen-bond donors (Lipinski definition) is 3. The molecule has 2 aliphatic rings. The van der Waals surface area contributed by atoms with Crippen molar-refractivity contribution in [3.63, 3.8) is 0 Å². The van der Waals surface area contributed by atoms with Crippen molar-refractivity contribution >= 4 is 23.9 Å². The van der Waals surface area contributed by atoms with E-state index in [1.807, 2.05) is 6.92 Å². The molecule has 1 unspecified atom stereocenters. The Hall–Kier alpha value is -2.59. The average Bonchev–Trinajstić information content (AvgIpc) is 3.35. The maximum atomic E-state index is 14.0. The largest absolute Gasteiger partial charge is 0.490 e. The summed E-state index contributed by atoms with van der Waals surface area (Å²) in [6.07, 6.45) is 4.04. The summed E-state index contributed by atoms with van der Waals surface area (Å²) in [5, 5.41) is 2.24. The molecule has 1 atom stereocenters. The van der Waals surface area contributed by atoms with Gasteiger partial charge in [-0.05, 0) is 43.4 Å². The van der Waals surface area contributed by atoms with Crippen molar-refractivity contribution in [2.75, 3.05) is 13.2 Å². The first-order valence-electron chi connectivity index (χ1n) is 9.89. The van der Waals surface area contributed by atoms with Crippen molar-refractivity contribution in [1.29, 1.82) is 0 Å². The van der Waals surface area contributed by atoms with Crippen LogP contribution in [-0.2, 0) is 17.1 Å². The van der Waals surface area contributed by atoms with Gasteiger partial charge in [-0.3, -0.25) is 14.8 Å². The molecule has 2 fully saturated rings. The molecular weight excluding hydrogens is 409 g/mol. The van der Waals surface area contributed by atoms with Gasteiger partial charge in [0.1, 0.15) is 12.4 Å². The zero-order valence-electron chi connectivity index (χ0n) is 16.6. The minimum absolute atomic E-state index is 0.000532. The minimum Gasteiger partial charge on any atom is -0.490 e. The summed E-state index contributed by atoms with van der Waals surface area (Å²) in [6, 6.07) is 4.56. The van der Waals surface area contributed by atoms with Gasteiger partial charge in [-0.2, -0.15) is 0 Å². The lowest BCUT2D eigenvalue weighted by Gasteiger charge is -2.15.